The summed E-state index contributed by atoms with van der Waals surface area (Å²) >= 11 is 3.76. The van der Waals surface area contributed by atoms with Crippen LogP contribution in [0.5, 0.6) is 0 Å². The number of rotatable bonds is 3. The molecule has 144 valence electrons. The molecule has 0 radical (unpaired) electrons. The van der Waals surface area contributed by atoms with Gasteiger partial charge in [0.25, 0.3) is 0 Å². The molecule has 2 unspecified atom stereocenters. The summed E-state index contributed by atoms with van der Waals surface area (Å²) in [4.78, 5) is 3.29. The number of hydrogen-bond acceptors (Lipinski definition) is 4. The quantitative estimate of drug-likeness (QED) is 0.732. The molecule has 2 atom stereocenters. The Kier molecular flexibility index (Phi) is 4.60. The normalized spacial score (nSPS) is 29.8. The number of aromatic amines is 1. The third kappa shape index (κ3) is 3.19. The van der Waals surface area contributed by atoms with Crippen LogP contribution in [-0.4, -0.2) is 41.9 Å². The molecule has 0 saturated carbocycles. The molecule has 0 amide bonds. The molecule has 4 rings (SSSR count). The van der Waals surface area contributed by atoms with Crippen molar-refractivity contribution in [2.24, 2.45) is 0 Å². The highest BCUT2D eigenvalue weighted by Gasteiger charge is 2.62. The summed E-state index contributed by atoms with van der Waals surface area (Å²) in [6.07, 6.45) is 2.64. The van der Waals surface area contributed by atoms with Gasteiger partial charge in [-0.05, 0) is 69.1 Å². The van der Waals surface area contributed by atoms with E-state index in [-0.39, 0.29) is 11.7 Å². The lowest BCUT2D eigenvalue weighted by Crippen LogP contribution is -2.46. The van der Waals surface area contributed by atoms with Gasteiger partial charge in [0.05, 0.1) is 28.4 Å². The van der Waals surface area contributed by atoms with Gasteiger partial charge < -0.3 is 23.6 Å². The van der Waals surface area contributed by atoms with Gasteiger partial charge >= 0.3 is 14.0 Å². The topological polar surface area (TPSA) is 52.7 Å². The molecule has 0 aliphatic carbocycles. The summed E-state index contributed by atoms with van der Waals surface area (Å²) in [7, 11) is -1.08. The van der Waals surface area contributed by atoms with Crippen LogP contribution in [0, 0.1) is 0 Å². The second-order valence-electron chi connectivity index (χ2n) is 8.87. The lowest BCUT2D eigenvalue weighted by molar-refractivity contribution is -0.00886. The maximum atomic E-state index is 6.44. The number of benzene rings is 1. The molecule has 0 bridgehead atoms. The molecular formula is C19H26B2BrNO4. The number of H-pyrrole nitrogens is 1. The van der Waals surface area contributed by atoms with E-state index < -0.39 is 25.2 Å². The summed E-state index contributed by atoms with van der Waals surface area (Å²) in [6.45, 7) is 12.3. The maximum absolute atomic E-state index is 6.44. The number of nitrogens with one attached hydrogen (secondary N) is 1. The zero-order chi connectivity index (χ0) is 19.6. The van der Waals surface area contributed by atoms with Crippen molar-refractivity contribution in [3.8, 4) is 0 Å². The Morgan fingerprint density at radius 2 is 1.78 bits per heavy atom. The Bertz CT molecular complexity index is 871. The second-order valence-corrected chi connectivity index (χ2v) is 9.66. The Labute approximate surface area is 169 Å². The van der Waals surface area contributed by atoms with Gasteiger partial charge in [0.15, 0.2) is 0 Å². The van der Waals surface area contributed by atoms with Gasteiger partial charge in [0.1, 0.15) is 0 Å². The average molecular weight is 434 g/mol. The first-order chi connectivity index (χ1) is 12.5. The fraction of sp³-hybridized carbons (Fsp3) is 0.579. The number of halogens is 1. The van der Waals surface area contributed by atoms with E-state index in [1.54, 1.807) is 0 Å². The van der Waals surface area contributed by atoms with Gasteiger partial charge in [0.2, 0.25) is 0 Å². The van der Waals surface area contributed by atoms with Crippen LogP contribution in [0.1, 0.15) is 47.1 Å². The van der Waals surface area contributed by atoms with E-state index in [9.17, 15) is 0 Å². The highest BCUT2D eigenvalue weighted by molar-refractivity contribution is 9.10. The average Bonchev–Trinajstić information content (AvgIpc) is 3.20. The third-order valence-electron chi connectivity index (χ3n) is 6.29. The van der Waals surface area contributed by atoms with E-state index in [0.29, 0.717) is 6.42 Å². The van der Waals surface area contributed by atoms with E-state index in [4.69, 9.17) is 18.6 Å². The van der Waals surface area contributed by atoms with Crippen LogP contribution < -0.4 is 0 Å². The monoisotopic (exact) mass is 433 g/mol. The van der Waals surface area contributed by atoms with Gasteiger partial charge in [-0.1, -0.05) is 12.1 Å². The van der Waals surface area contributed by atoms with Gasteiger partial charge in [-0.15, -0.1) is 0 Å². The molecule has 27 heavy (non-hydrogen) atoms. The van der Waals surface area contributed by atoms with Crippen LogP contribution in [0.3, 0.4) is 0 Å². The van der Waals surface area contributed by atoms with Gasteiger partial charge in [-0.25, -0.2) is 0 Å². The smallest absolute Gasteiger partial charge is 0.408 e. The molecule has 8 heteroatoms. The molecule has 2 aliphatic heterocycles. The van der Waals surface area contributed by atoms with Crippen molar-refractivity contribution >= 4 is 40.9 Å². The minimum absolute atomic E-state index is 0.0194. The molecule has 2 aliphatic rings. The highest BCUT2D eigenvalue weighted by atomic mass is 79.9. The highest BCUT2D eigenvalue weighted by Crippen LogP contribution is 2.43. The molecule has 2 fully saturated rings. The standard InChI is InChI=1S/C19H26B2BrNO4/c1-12-17(2,3)25-20(24-12)21-26-18(4,5)19(6,27-21)11-14-8-7-13-9-10-23-16(13)15(14)22/h7-10,12,23H,11H2,1-6H3. The van der Waals surface area contributed by atoms with Crippen LogP contribution in [0.15, 0.2) is 28.9 Å². The van der Waals surface area contributed by atoms with Crippen LogP contribution in [-0.2, 0) is 25.0 Å². The van der Waals surface area contributed by atoms with Crippen LogP contribution in [0.25, 0.3) is 10.9 Å². The minimum atomic E-state index is -0.554. The van der Waals surface area contributed by atoms with Crippen LogP contribution in [0.2, 0.25) is 0 Å². The van der Waals surface area contributed by atoms with Gasteiger partial charge in [-0.2, -0.15) is 0 Å². The molecule has 5 nitrogen and oxygen atoms in total. The van der Waals surface area contributed by atoms with E-state index in [1.807, 2.05) is 27.0 Å². The summed E-state index contributed by atoms with van der Waals surface area (Å²) in [5, 5.41) is 1.18. The number of fused-ring (bicyclic) bond motifs is 1. The number of aromatic nitrogens is 1. The van der Waals surface area contributed by atoms with Gasteiger partial charge in [0, 0.05) is 22.5 Å². The lowest BCUT2D eigenvalue weighted by atomic mass is 9.49. The van der Waals surface area contributed by atoms with E-state index >= 15 is 0 Å². The largest absolute Gasteiger partial charge is 0.489 e. The van der Waals surface area contributed by atoms with E-state index in [2.05, 4.69) is 59.9 Å². The Morgan fingerprint density at radius 1 is 1.04 bits per heavy atom. The molecule has 2 saturated heterocycles. The van der Waals surface area contributed by atoms with Gasteiger partial charge in [-0.3, -0.25) is 0 Å². The Morgan fingerprint density at radius 3 is 2.44 bits per heavy atom. The molecule has 0 spiro atoms. The van der Waals surface area contributed by atoms with Crippen LogP contribution in [0.4, 0.5) is 0 Å². The zero-order valence-electron chi connectivity index (χ0n) is 16.8. The van der Waals surface area contributed by atoms with Crippen molar-refractivity contribution in [3.63, 3.8) is 0 Å². The van der Waals surface area contributed by atoms with Crippen molar-refractivity contribution in [1.82, 2.24) is 4.98 Å². The number of hydrogen-bond donors (Lipinski definition) is 1. The van der Waals surface area contributed by atoms with Crippen molar-refractivity contribution in [1.29, 1.82) is 0 Å². The van der Waals surface area contributed by atoms with Crippen molar-refractivity contribution in [2.45, 2.75) is 70.9 Å². The predicted octanol–water partition coefficient (Wildman–Crippen LogP) is 4.33. The first-order valence-corrected chi connectivity index (χ1v) is 10.3. The van der Waals surface area contributed by atoms with E-state index in [1.165, 1.54) is 10.9 Å². The lowest BCUT2D eigenvalue weighted by Gasteiger charge is -2.37. The maximum Gasteiger partial charge on any atom is 0.489 e. The Hall–Kier alpha value is -0.790. The first kappa shape index (κ1) is 19.5. The first-order valence-electron chi connectivity index (χ1n) is 9.46. The molecule has 3 heterocycles. The summed E-state index contributed by atoms with van der Waals surface area (Å²) < 4.78 is 25.8. The third-order valence-corrected chi connectivity index (χ3v) is 7.20. The molecular weight excluding hydrogens is 408 g/mol. The summed E-state index contributed by atoms with van der Waals surface area (Å²) in [5.74, 6) is 0. The van der Waals surface area contributed by atoms with Crippen molar-refractivity contribution in [2.75, 3.05) is 0 Å². The van der Waals surface area contributed by atoms with Crippen LogP contribution >= 0.6 is 15.9 Å². The fourth-order valence-electron chi connectivity index (χ4n) is 3.75. The predicted molar refractivity (Wildman–Crippen MR) is 112 cm³/mol. The summed E-state index contributed by atoms with van der Waals surface area (Å²) in [5.41, 5.74) is 0.893. The Balaban J connectivity index is 1.59. The summed E-state index contributed by atoms with van der Waals surface area (Å²) in [6, 6.07) is 6.34. The molecule has 1 aromatic heterocycles. The van der Waals surface area contributed by atoms with Crippen molar-refractivity contribution in [3.05, 3.63) is 34.4 Å². The van der Waals surface area contributed by atoms with E-state index in [0.717, 1.165) is 9.99 Å². The minimum Gasteiger partial charge on any atom is -0.408 e. The fourth-order valence-corrected chi connectivity index (χ4v) is 4.36. The SMILES string of the molecule is CC1OB(B2OC(C)(C)C(C)(Cc3ccc4cc[nH]c4c3Br)O2)OC1(C)C. The van der Waals surface area contributed by atoms with Crippen molar-refractivity contribution < 1.29 is 18.6 Å². The molecule has 1 aromatic carbocycles. The molecule has 2 aromatic rings. The zero-order valence-corrected chi connectivity index (χ0v) is 18.3. The molecule has 1 N–H and O–H groups in total. The second kappa shape index (κ2) is 6.36.